The first-order valence-electron chi connectivity index (χ1n) is 9.83. The number of carbonyl (C=O) groups is 1. The van der Waals surface area contributed by atoms with Crippen LogP contribution in [0.2, 0.25) is 5.02 Å². The standard InChI is InChI=1S/C21H23Cl2N5OS/c1-12(22)13-3-5-14(6-4-13)15-7-8-24-10-17(15)27-21(29)18-9-16(23)19(30-18)20-25-11-26-28(20)2/h3-6,9,11-12,15,17,24H,7-8,10H2,1-2H3,(H,27,29)/t12?,15-,17+/m1/s1. The van der Waals surface area contributed by atoms with Crippen molar-refractivity contribution in [2.75, 3.05) is 13.1 Å². The number of halogens is 2. The second-order valence-electron chi connectivity index (χ2n) is 7.46. The Bertz CT molecular complexity index is 1030. The van der Waals surface area contributed by atoms with Gasteiger partial charge in [0.2, 0.25) is 0 Å². The minimum absolute atomic E-state index is 0.00956. The highest BCUT2D eigenvalue weighted by Gasteiger charge is 2.29. The number of piperidine rings is 1. The van der Waals surface area contributed by atoms with Crippen molar-refractivity contribution >= 4 is 40.4 Å². The van der Waals surface area contributed by atoms with Gasteiger partial charge in [-0.15, -0.1) is 22.9 Å². The van der Waals surface area contributed by atoms with Gasteiger partial charge < -0.3 is 10.6 Å². The van der Waals surface area contributed by atoms with E-state index in [-0.39, 0.29) is 23.2 Å². The number of nitrogens with one attached hydrogen (secondary N) is 2. The Kier molecular flexibility index (Phi) is 6.43. The summed E-state index contributed by atoms with van der Waals surface area (Å²) in [5.41, 5.74) is 2.31. The van der Waals surface area contributed by atoms with Gasteiger partial charge in [0.25, 0.3) is 5.91 Å². The van der Waals surface area contributed by atoms with E-state index in [1.807, 2.05) is 6.92 Å². The summed E-state index contributed by atoms with van der Waals surface area (Å²) in [6, 6.07) is 10.1. The van der Waals surface area contributed by atoms with E-state index >= 15 is 0 Å². The molecule has 1 aliphatic heterocycles. The number of nitrogens with zero attached hydrogens (tertiary/aromatic N) is 3. The minimum Gasteiger partial charge on any atom is -0.347 e. The van der Waals surface area contributed by atoms with E-state index in [1.165, 1.54) is 23.2 Å². The summed E-state index contributed by atoms with van der Waals surface area (Å²) in [6.07, 6.45) is 2.43. The zero-order valence-corrected chi connectivity index (χ0v) is 19.1. The number of aryl methyl sites for hydroxylation is 1. The Hall–Kier alpha value is -1.93. The van der Waals surface area contributed by atoms with Gasteiger partial charge in [-0.1, -0.05) is 35.9 Å². The van der Waals surface area contributed by atoms with Crippen LogP contribution in [-0.2, 0) is 7.05 Å². The minimum atomic E-state index is -0.125. The lowest BCUT2D eigenvalue weighted by Crippen LogP contribution is -2.49. The van der Waals surface area contributed by atoms with Crippen molar-refractivity contribution in [3.05, 3.63) is 57.7 Å². The maximum absolute atomic E-state index is 13.0. The fourth-order valence-corrected chi connectivity index (χ4v) is 5.29. The number of aromatic nitrogens is 3. The first kappa shape index (κ1) is 21.3. The molecule has 0 aliphatic carbocycles. The van der Waals surface area contributed by atoms with E-state index in [0.29, 0.717) is 15.7 Å². The van der Waals surface area contributed by atoms with Crippen LogP contribution in [0, 0.1) is 0 Å². The maximum Gasteiger partial charge on any atom is 0.261 e. The molecule has 3 atom stereocenters. The molecule has 1 amide bonds. The van der Waals surface area contributed by atoms with Crippen molar-refractivity contribution in [3.8, 4) is 10.7 Å². The topological polar surface area (TPSA) is 71.8 Å². The molecule has 1 aromatic carbocycles. The molecule has 0 bridgehead atoms. The van der Waals surface area contributed by atoms with Gasteiger partial charge in [-0.05, 0) is 37.1 Å². The van der Waals surface area contributed by atoms with Gasteiger partial charge in [-0.3, -0.25) is 4.79 Å². The van der Waals surface area contributed by atoms with Crippen LogP contribution in [0.4, 0.5) is 0 Å². The van der Waals surface area contributed by atoms with E-state index in [0.717, 1.165) is 30.0 Å². The summed E-state index contributed by atoms with van der Waals surface area (Å²) in [7, 11) is 1.80. The molecule has 3 aromatic rings. The van der Waals surface area contributed by atoms with Crippen LogP contribution in [0.3, 0.4) is 0 Å². The SMILES string of the molecule is CC(Cl)c1ccc([C@H]2CCNC[C@@H]2NC(=O)c2cc(Cl)c(-c3ncnn3C)s2)cc1. The van der Waals surface area contributed by atoms with Gasteiger partial charge in [0.1, 0.15) is 6.33 Å². The zero-order chi connectivity index (χ0) is 21.3. The van der Waals surface area contributed by atoms with Crippen LogP contribution in [0.1, 0.15) is 45.4 Å². The van der Waals surface area contributed by atoms with Gasteiger partial charge in [0, 0.05) is 25.6 Å². The molecule has 30 heavy (non-hydrogen) atoms. The van der Waals surface area contributed by atoms with Crippen molar-refractivity contribution in [1.82, 2.24) is 25.4 Å². The molecule has 0 radical (unpaired) electrons. The van der Waals surface area contributed by atoms with Crippen molar-refractivity contribution < 1.29 is 4.79 Å². The number of hydrogen-bond donors (Lipinski definition) is 2. The fourth-order valence-electron chi connectivity index (χ4n) is 3.79. The molecule has 4 rings (SSSR count). The van der Waals surface area contributed by atoms with Gasteiger partial charge >= 0.3 is 0 Å². The van der Waals surface area contributed by atoms with Gasteiger partial charge in [0.15, 0.2) is 5.82 Å². The molecule has 1 unspecified atom stereocenters. The number of hydrogen-bond acceptors (Lipinski definition) is 5. The van der Waals surface area contributed by atoms with Gasteiger partial charge in [-0.25, -0.2) is 9.67 Å². The monoisotopic (exact) mass is 463 g/mol. The second-order valence-corrected chi connectivity index (χ2v) is 9.57. The average molecular weight is 464 g/mol. The van der Waals surface area contributed by atoms with E-state index in [1.54, 1.807) is 17.8 Å². The molecule has 9 heteroatoms. The predicted molar refractivity (Wildman–Crippen MR) is 122 cm³/mol. The van der Waals surface area contributed by atoms with Crippen LogP contribution in [0.5, 0.6) is 0 Å². The van der Waals surface area contributed by atoms with Crippen LogP contribution in [-0.4, -0.2) is 39.8 Å². The molecule has 158 valence electrons. The summed E-state index contributed by atoms with van der Waals surface area (Å²) >= 11 is 13.9. The number of carbonyl (C=O) groups excluding carboxylic acids is 1. The Morgan fingerprint density at radius 2 is 2.13 bits per heavy atom. The predicted octanol–water partition coefficient (Wildman–Crippen LogP) is 4.37. The quantitative estimate of drug-likeness (QED) is 0.550. The van der Waals surface area contributed by atoms with Crippen molar-refractivity contribution in [3.63, 3.8) is 0 Å². The molecule has 2 aromatic heterocycles. The summed E-state index contributed by atoms with van der Waals surface area (Å²) in [4.78, 5) is 18.5. The fraction of sp³-hybridized carbons (Fsp3) is 0.381. The summed E-state index contributed by atoms with van der Waals surface area (Å²) in [5.74, 6) is 0.762. The van der Waals surface area contributed by atoms with Crippen LogP contribution < -0.4 is 10.6 Å². The molecule has 1 aliphatic rings. The van der Waals surface area contributed by atoms with Gasteiger partial charge in [-0.2, -0.15) is 5.10 Å². The lowest BCUT2D eigenvalue weighted by molar-refractivity contribution is 0.0928. The van der Waals surface area contributed by atoms with Crippen molar-refractivity contribution in [2.45, 2.75) is 30.7 Å². The number of benzene rings is 1. The summed E-state index contributed by atoms with van der Waals surface area (Å²) in [5, 5.41) is 11.2. The second kappa shape index (κ2) is 9.06. The third-order valence-electron chi connectivity index (χ3n) is 5.45. The van der Waals surface area contributed by atoms with E-state index < -0.39 is 0 Å². The molecule has 3 heterocycles. The Balaban J connectivity index is 1.52. The normalized spacial score (nSPS) is 20.1. The molecule has 1 fully saturated rings. The number of alkyl halides is 1. The number of thiophene rings is 1. The smallest absolute Gasteiger partial charge is 0.261 e. The molecule has 0 spiro atoms. The molecule has 1 saturated heterocycles. The van der Waals surface area contributed by atoms with E-state index in [2.05, 4.69) is 45.0 Å². The van der Waals surface area contributed by atoms with E-state index in [4.69, 9.17) is 23.2 Å². The van der Waals surface area contributed by atoms with Crippen molar-refractivity contribution in [2.24, 2.45) is 7.05 Å². The summed E-state index contributed by atoms with van der Waals surface area (Å²) in [6.45, 7) is 3.61. The Morgan fingerprint density at radius 3 is 2.80 bits per heavy atom. The highest BCUT2D eigenvalue weighted by Crippen LogP contribution is 2.35. The van der Waals surface area contributed by atoms with Crippen LogP contribution in [0.15, 0.2) is 36.7 Å². The Morgan fingerprint density at radius 1 is 1.37 bits per heavy atom. The molecular formula is C21H23Cl2N5OS. The average Bonchev–Trinajstić information content (AvgIpc) is 3.33. The van der Waals surface area contributed by atoms with Crippen molar-refractivity contribution in [1.29, 1.82) is 0 Å². The largest absolute Gasteiger partial charge is 0.347 e. The van der Waals surface area contributed by atoms with Crippen LogP contribution in [0.25, 0.3) is 10.7 Å². The lowest BCUT2D eigenvalue weighted by Gasteiger charge is -2.33. The van der Waals surface area contributed by atoms with Gasteiger partial charge in [0.05, 0.1) is 20.2 Å². The lowest BCUT2D eigenvalue weighted by atomic mass is 9.85. The number of rotatable bonds is 5. The maximum atomic E-state index is 13.0. The third-order valence-corrected chi connectivity index (χ3v) is 7.24. The molecular weight excluding hydrogens is 441 g/mol. The first-order valence-corrected chi connectivity index (χ1v) is 11.5. The number of amides is 1. The highest BCUT2D eigenvalue weighted by atomic mass is 35.5. The highest BCUT2D eigenvalue weighted by molar-refractivity contribution is 7.18. The zero-order valence-electron chi connectivity index (χ0n) is 16.7. The molecule has 0 saturated carbocycles. The summed E-state index contributed by atoms with van der Waals surface area (Å²) < 4.78 is 1.64. The van der Waals surface area contributed by atoms with Crippen LogP contribution >= 0.6 is 34.5 Å². The molecule has 2 N–H and O–H groups in total. The molecule has 6 nitrogen and oxygen atoms in total. The first-order chi connectivity index (χ1) is 14.4. The third kappa shape index (κ3) is 4.39. The van der Waals surface area contributed by atoms with E-state index in [9.17, 15) is 4.79 Å². The Labute approximate surface area is 189 Å².